The van der Waals surface area contributed by atoms with E-state index >= 15 is 0 Å². The van der Waals surface area contributed by atoms with Gasteiger partial charge in [0, 0.05) is 0 Å². The Balaban J connectivity index is 1.34. The minimum absolute atomic E-state index is 0.0182. The molecule has 11 nitrogen and oxygen atoms in total. The monoisotopic (exact) mass is 644 g/mol. The van der Waals surface area contributed by atoms with Crippen molar-refractivity contribution in [3.8, 4) is 29.1 Å². The van der Waals surface area contributed by atoms with Crippen LogP contribution in [0.25, 0.3) is 16.0 Å². The van der Waals surface area contributed by atoms with E-state index in [4.69, 9.17) is 39.7 Å². The second-order valence-corrected chi connectivity index (χ2v) is 12.4. The van der Waals surface area contributed by atoms with Crippen molar-refractivity contribution in [1.29, 1.82) is 5.26 Å². The average molecular weight is 645 g/mol. The molecule has 0 aliphatic heterocycles. The molecule has 0 aromatic heterocycles. The van der Waals surface area contributed by atoms with E-state index in [1.807, 2.05) is 45.9 Å². The Hall–Kier alpha value is -5.00. The highest BCUT2D eigenvalue weighted by Gasteiger charge is 2.39. The molecule has 2 aromatic carbocycles. The third kappa shape index (κ3) is 6.91. The molecule has 11 heteroatoms. The Morgan fingerprint density at radius 3 is 1.60 bits per heavy atom. The van der Waals surface area contributed by atoms with E-state index in [1.165, 1.54) is 14.2 Å². The number of methoxy groups -OCH3 is 4. The van der Waals surface area contributed by atoms with Gasteiger partial charge in [-0.15, -0.1) is 0 Å². The first-order valence-corrected chi connectivity index (χ1v) is 15.1. The molecule has 2 aromatic rings. The molecule has 0 fully saturated rings. The van der Waals surface area contributed by atoms with Crippen molar-refractivity contribution in [3.05, 3.63) is 69.2 Å². The maximum absolute atomic E-state index is 13.0. The predicted octanol–water partition coefficient (Wildman–Crippen LogP) is 5.79. The molecule has 2 aliphatic carbocycles. The van der Waals surface area contributed by atoms with Crippen LogP contribution in [0.5, 0.6) is 23.0 Å². The molecule has 2 aliphatic rings. The van der Waals surface area contributed by atoms with Crippen LogP contribution in [0.3, 0.4) is 0 Å². The number of benzene rings is 2. The molecule has 4 rings (SSSR count). The lowest BCUT2D eigenvalue weighted by Crippen LogP contribution is -2.16. The summed E-state index contributed by atoms with van der Waals surface area (Å²) in [5.41, 5.74) is 3.73. The molecule has 0 radical (unpaired) electrons. The molecule has 0 bridgehead atoms. The van der Waals surface area contributed by atoms with Crippen LogP contribution in [0.15, 0.2) is 35.5 Å². The lowest BCUT2D eigenvalue weighted by atomic mass is 9.86. The third-order valence-electron chi connectivity index (χ3n) is 8.52. The second kappa shape index (κ2) is 14.2. The van der Waals surface area contributed by atoms with Gasteiger partial charge in [-0.25, -0.2) is 9.64 Å². The maximum Gasteiger partial charge on any atom is 0.349 e. The summed E-state index contributed by atoms with van der Waals surface area (Å²) in [6.07, 6.45) is 0.936. The lowest BCUT2D eigenvalue weighted by molar-refractivity contribution is -0.141. The van der Waals surface area contributed by atoms with Gasteiger partial charge >= 0.3 is 11.9 Å². The summed E-state index contributed by atoms with van der Waals surface area (Å²) in [6, 6.07) is 9.34. The first kappa shape index (κ1) is 34.9. The van der Waals surface area contributed by atoms with Crippen LogP contribution in [0.1, 0.15) is 62.8 Å². The summed E-state index contributed by atoms with van der Waals surface area (Å²) in [5, 5.41) is 9.90. The fraction of sp³-hybridized carbons (Fsp3) is 0.444. The second-order valence-electron chi connectivity index (χ2n) is 12.4. The number of nitriles is 1. The zero-order chi connectivity index (χ0) is 34.5. The van der Waals surface area contributed by atoms with E-state index in [0.717, 1.165) is 22.3 Å². The topological polar surface area (TPSA) is 127 Å². The van der Waals surface area contributed by atoms with Crippen LogP contribution in [0, 0.1) is 17.9 Å². The van der Waals surface area contributed by atoms with Crippen molar-refractivity contribution in [2.75, 3.05) is 54.9 Å². The Labute approximate surface area is 275 Å². The summed E-state index contributed by atoms with van der Waals surface area (Å²) in [7, 11) is 6.18. The summed E-state index contributed by atoms with van der Waals surface area (Å²) in [5.74, 6) is 0.648. The molecule has 0 saturated carbocycles. The summed E-state index contributed by atoms with van der Waals surface area (Å²) in [6.45, 7) is 15.7. The molecular weight excluding hydrogens is 604 g/mol. The van der Waals surface area contributed by atoms with Gasteiger partial charge < -0.3 is 33.2 Å². The highest BCUT2D eigenvalue weighted by atomic mass is 16.6. The minimum atomic E-state index is -0.752. The Bertz CT molecular complexity index is 1600. The van der Waals surface area contributed by atoms with Gasteiger partial charge in [0.05, 0.1) is 48.2 Å². The number of rotatable bonds is 12. The van der Waals surface area contributed by atoms with E-state index in [-0.39, 0.29) is 48.5 Å². The molecule has 248 valence electrons. The van der Waals surface area contributed by atoms with E-state index < -0.39 is 11.9 Å². The van der Waals surface area contributed by atoms with Crippen LogP contribution in [-0.4, -0.2) is 66.8 Å². The van der Waals surface area contributed by atoms with Gasteiger partial charge in [-0.2, -0.15) is 5.26 Å². The van der Waals surface area contributed by atoms with E-state index in [9.17, 15) is 14.9 Å². The van der Waals surface area contributed by atoms with Crippen LogP contribution < -0.4 is 18.9 Å². The Morgan fingerprint density at radius 2 is 1.15 bits per heavy atom. The van der Waals surface area contributed by atoms with E-state index in [1.54, 1.807) is 26.4 Å². The molecule has 0 saturated heterocycles. The van der Waals surface area contributed by atoms with Crippen molar-refractivity contribution in [2.24, 2.45) is 0 Å². The van der Waals surface area contributed by atoms with E-state index in [2.05, 4.69) is 4.85 Å². The summed E-state index contributed by atoms with van der Waals surface area (Å²) in [4.78, 5) is 29.4. The normalized spacial score (nSPS) is 17.3. The Morgan fingerprint density at radius 1 is 0.723 bits per heavy atom. The van der Waals surface area contributed by atoms with Gasteiger partial charge in [-0.05, 0) is 81.3 Å². The largest absolute Gasteiger partial charge is 0.493 e. The highest BCUT2D eigenvalue weighted by molar-refractivity contribution is 6.03. The van der Waals surface area contributed by atoms with Crippen LogP contribution in [0.4, 0.5) is 0 Å². The number of carbonyl (C=O) groups excluding carboxylic acids is 2. The van der Waals surface area contributed by atoms with Crippen molar-refractivity contribution in [1.82, 2.24) is 0 Å². The van der Waals surface area contributed by atoms with Crippen LogP contribution in [0.2, 0.25) is 0 Å². The average Bonchev–Trinajstić information content (AvgIpc) is 3.46. The zero-order valence-corrected chi connectivity index (χ0v) is 28.1. The number of hydrogen-bond acceptors (Lipinski definition) is 10. The number of esters is 2. The van der Waals surface area contributed by atoms with E-state index in [0.29, 0.717) is 47.0 Å². The van der Waals surface area contributed by atoms with Gasteiger partial charge in [0.1, 0.15) is 24.9 Å². The van der Waals surface area contributed by atoms with Crippen molar-refractivity contribution in [2.45, 2.75) is 51.4 Å². The van der Waals surface area contributed by atoms with Gasteiger partial charge in [0.2, 0.25) is 0 Å². The first-order chi connectivity index (χ1) is 22.4. The SMILES string of the molecule is [C-]#[N+]C(C(=O)OCCOCCOC(=O)C(C#N)=C1CC(C)(C)c2cc(OC)c(OC)cc21)=C1CC(C)(C)c2cc(OC)c(OC)cc21. The molecule has 0 spiro atoms. The predicted molar refractivity (Wildman–Crippen MR) is 173 cm³/mol. The molecule has 0 heterocycles. The minimum Gasteiger partial charge on any atom is -0.493 e. The van der Waals surface area contributed by atoms with Crippen LogP contribution >= 0.6 is 0 Å². The van der Waals surface area contributed by atoms with Crippen molar-refractivity contribution < 1.29 is 42.7 Å². The molecule has 0 unspecified atom stereocenters. The van der Waals surface area contributed by atoms with Gasteiger partial charge in [-0.3, -0.25) is 4.79 Å². The number of nitrogens with zero attached hydrogens (tertiary/aromatic N) is 2. The quantitative estimate of drug-likeness (QED) is 0.0921. The van der Waals surface area contributed by atoms with Gasteiger partial charge in [0.25, 0.3) is 5.70 Å². The molecule has 0 N–H and O–H groups in total. The fourth-order valence-electron chi connectivity index (χ4n) is 6.18. The fourth-order valence-corrected chi connectivity index (χ4v) is 6.18. The molecule has 0 atom stereocenters. The number of carbonyl (C=O) groups is 2. The lowest BCUT2D eigenvalue weighted by Gasteiger charge is -2.20. The first-order valence-electron chi connectivity index (χ1n) is 15.1. The smallest absolute Gasteiger partial charge is 0.349 e. The van der Waals surface area contributed by atoms with Crippen molar-refractivity contribution >= 4 is 23.1 Å². The molecular formula is C36H40N2O9. The maximum atomic E-state index is 13.0. The number of fused-ring (bicyclic) bond motifs is 2. The number of ether oxygens (including phenoxy) is 7. The van der Waals surface area contributed by atoms with Crippen molar-refractivity contribution in [3.63, 3.8) is 0 Å². The number of allylic oxidation sites excluding steroid dienone is 2. The highest BCUT2D eigenvalue weighted by Crippen LogP contribution is 2.51. The van der Waals surface area contributed by atoms with Crippen LogP contribution in [-0.2, 0) is 34.6 Å². The molecule has 0 amide bonds. The number of hydrogen-bond donors (Lipinski definition) is 0. The summed E-state index contributed by atoms with van der Waals surface area (Å²) >= 11 is 0. The summed E-state index contributed by atoms with van der Waals surface area (Å²) < 4.78 is 38.0. The Kier molecular flexibility index (Phi) is 10.5. The standard InChI is InChI=1S/C36H40N2O9/c1-35(2)18-23(21-14-28(41-6)30(43-8)16-26(21)35)25(20-37)33(39)46-12-10-45-11-13-47-34(40)32(38-5)24-19-36(3,4)27-17-31(44-9)29(42-7)15-22(24)27/h14-17H,10-13,18-19H2,1-4,6-9H3. The zero-order valence-electron chi connectivity index (χ0n) is 28.1. The van der Waals surface area contributed by atoms with Gasteiger partial charge in [-0.1, -0.05) is 27.7 Å². The molecule has 47 heavy (non-hydrogen) atoms. The van der Waals surface area contributed by atoms with Gasteiger partial charge in [0.15, 0.2) is 23.0 Å². The third-order valence-corrected chi connectivity index (χ3v) is 8.52.